The Morgan fingerprint density at radius 1 is 0.621 bits per heavy atom. The molecule has 8 aliphatic carbocycles. The molecule has 1 heterocycles. The molecule has 30 atom stereocenters. The first-order chi connectivity index (χ1) is 41.1. The molecule has 9 aliphatic rings. The normalized spacial score (nSPS) is 45.8. The van der Waals surface area contributed by atoms with E-state index in [2.05, 4.69) is 52.2 Å². The largest absolute Gasteiger partial charge is 0.396 e. The molecule has 0 aromatic carbocycles. The van der Waals surface area contributed by atoms with E-state index in [1.165, 1.54) is 6.92 Å². The van der Waals surface area contributed by atoms with Crippen molar-refractivity contribution < 1.29 is 85.1 Å². The van der Waals surface area contributed by atoms with Crippen molar-refractivity contribution in [2.24, 2.45) is 98.6 Å². The van der Waals surface area contributed by atoms with Gasteiger partial charge in [0.05, 0.1) is 55.4 Å². The van der Waals surface area contributed by atoms with Gasteiger partial charge >= 0.3 is 0 Å². The maximum absolute atomic E-state index is 14.5. The molecule has 14 N–H and O–H groups in total. The number of nitrogens with zero attached hydrogens (tertiary/aromatic N) is 1. The molecule has 0 radical (unpaired) electrons. The zero-order chi connectivity index (χ0) is 63.2. The molecule has 500 valence electrons. The van der Waals surface area contributed by atoms with E-state index in [0.29, 0.717) is 77.3 Å². The van der Waals surface area contributed by atoms with E-state index >= 15 is 0 Å². The quantitative estimate of drug-likeness (QED) is 0.0617. The summed E-state index contributed by atoms with van der Waals surface area (Å²) in [4.78, 5) is 43.1. The summed E-state index contributed by atoms with van der Waals surface area (Å²) in [5, 5.41) is 138. The van der Waals surface area contributed by atoms with Crippen LogP contribution in [0, 0.1) is 98.6 Å². The molecule has 20 nitrogen and oxygen atoms in total. The van der Waals surface area contributed by atoms with Gasteiger partial charge in [0.25, 0.3) is 5.91 Å². The van der Waals surface area contributed by atoms with Crippen LogP contribution in [0.15, 0.2) is 0 Å². The third-order valence-electron chi connectivity index (χ3n) is 26.8. The first kappa shape index (κ1) is 69.2. The zero-order valence-electron chi connectivity index (χ0n) is 53.5. The lowest BCUT2D eigenvalue weighted by Crippen LogP contribution is -2.62. The molecule has 0 spiro atoms. The number of amides is 3. The summed E-state index contributed by atoms with van der Waals surface area (Å²) >= 11 is 0. The predicted octanol–water partition coefficient (Wildman–Crippen LogP) is 3.15. The van der Waals surface area contributed by atoms with Crippen molar-refractivity contribution in [3.05, 3.63) is 0 Å². The Labute approximate surface area is 517 Å². The summed E-state index contributed by atoms with van der Waals surface area (Å²) in [5.41, 5.74) is -0.867. The average molecular weight is 1230 g/mol. The van der Waals surface area contributed by atoms with Gasteiger partial charge in [-0.25, -0.2) is 0 Å². The molecule has 9 rings (SSSR count). The molecular weight excluding hydrogens is 1120 g/mol. The van der Waals surface area contributed by atoms with Gasteiger partial charge in [0.1, 0.15) is 18.3 Å². The van der Waals surface area contributed by atoms with Crippen molar-refractivity contribution in [1.82, 2.24) is 15.5 Å². The van der Waals surface area contributed by atoms with Gasteiger partial charge in [-0.1, -0.05) is 48.5 Å². The highest BCUT2D eigenvalue weighted by Crippen LogP contribution is 2.70. The first-order valence-electron chi connectivity index (χ1n) is 34.3. The van der Waals surface area contributed by atoms with E-state index in [0.717, 1.165) is 51.4 Å². The molecule has 1 aliphatic heterocycles. The summed E-state index contributed by atoms with van der Waals surface area (Å²) in [5.74, 6) is -0.00676. The van der Waals surface area contributed by atoms with Gasteiger partial charge < -0.3 is 86.3 Å². The number of rotatable bonds is 24. The topological polar surface area (TPSA) is 340 Å². The lowest BCUT2D eigenvalue weighted by atomic mass is 9.43. The highest BCUT2D eigenvalue weighted by atomic mass is 16.7. The lowest BCUT2D eigenvalue weighted by molar-refractivity contribution is -0.309. The summed E-state index contributed by atoms with van der Waals surface area (Å²) in [6.45, 7) is 14.8. The number of hydrogen-bond donors (Lipinski definition) is 14. The monoisotopic (exact) mass is 1230 g/mol. The van der Waals surface area contributed by atoms with Crippen LogP contribution in [0.5, 0.6) is 0 Å². The van der Waals surface area contributed by atoms with E-state index in [4.69, 9.17) is 9.47 Å². The smallest absolute Gasteiger partial charge is 0.251 e. The summed E-state index contributed by atoms with van der Waals surface area (Å²) in [7, 11) is 0. The Kier molecular flexibility index (Phi) is 22.4. The Balaban J connectivity index is 0.790. The van der Waals surface area contributed by atoms with Gasteiger partial charge in [0, 0.05) is 51.5 Å². The fraction of sp³-hybridized carbons (Fsp3) is 0.955. The number of aliphatic hydroxyl groups excluding tert-OH is 12. The molecule has 0 aromatic rings. The van der Waals surface area contributed by atoms with E-state index in [1.807, 2.05) is 0 Å². The van der Waals surface area contributed by atoms with E-state index < -0.39 is 97.8 Å². The van der Waals surface area contributed by atoms with Gasteiger partial charge in [-0.05, 0) is 215 Å². The predicted molar refractivity (Wildman–Crippen MR) is 322 cm³/mol. The van der Waals surface area contributed by atoms with Crippen molar-refractivity contribution in [2.45, 2.75) is 263 Å². The number of nitrogens with one attached hydrogen (secondary N) is 2. The van der Waals surface area contributed by atoms with Gasteiger partial charge in [-0.2, -0.15) is 0 Å². The van der Waals surface area contributed by atoms with Crippen LogP contribution >= 0.6 is 0 Å². The van der Waals surface area contributed by atoms with Gasteiger partial charge in [0.15, 0.2) is 12.4 Å². The van der Waals surface area contributed by atoms with Crippen LogP contribution in [0.25, 0.3) is 0 Å². The number of aliphatic hydroxyl groups is 12. The van der Waals surface area contributed by atoms with E-state index in [9.17, 15) is 75.7 Å². The van der Waals surface area contributed by atoms with Crippen molar-refractivity contribution >= 4 is 17.7 Å². The van der Waals surface area contributed by atoms with E-state index in [1.54, 1.807) is 4.90 Å². The second-order valence-electron chi connectivity index (χ2n) is 31.0. The summed E-state index contributed by atoms with van der Waals surface area (Å²) < 4.78 is 11.3. The number of carbonyl (C=O) groups is 3. The third kappa shape index (κ3) is 13.4. The van der Waals surface area contributed by atoms with Gasteiger partial charge in [-0.3, -0.25) is 14.4 Å². The van der Waals surface area contributed by atoms with Crippen LogP contribution in [-0.4, -0.2) is 203 Å². The second kappa shape index (κ2) is 28.2. The number of hydrogen-bond acceptors (Lipinski definition) is 17. The molecule has 87 heavy (non-hydrogen) atoms. The van der Waals surface area contributed by atoms with Crippen molar-refractivity contribution in [3.8, 4) is 0 Å². The molecule has 9 fully saturated rings. The molecule has 3 amide bonds. The van der Waals surface area contributed by atoms with Crippen molar-refractivity contribution in [2.75, 3.05) is 39.4 Å². The highest BCUT2D eigenvalue weighted by Gasteiger charge is 2.68. The minimum Gasteiger partial charge on any atom is -0.396 e. The molecule has 0 bridgehead atoms. The number of ether oxygens (including phenoxy) is 2. The minimum absolute atomic E-state index is 0.0119. The molecule has 0 aromatic heterocycles. The SMILES string of the molecule is CC(CCC(=O)NCCCN(CCCNC(=O)C(O)C(O)C(CCO)OC1OC(CO)C(O)C(C)C1O)C(=O)CCC(C)C1CCC2C3C(C[C@H](O)[C@]12C)[C@@]1(C)CC[C@@H](O)CC1C[C@H]3O)C1CCC2C3C(C[C@H](O)[C@]12C)[C@@]1(C)CC[C@@H](O)CC1C[C@H]3O. The zero-order valence-corrected chi connectivity index (χ0v) is 53.5. The van der Waals surface area contributed by atoms with Crippen LogP contribution in [0.2, 0.25) is 0 Å². The maximum Gasteiger partial charge on any atom is 0.251 e. The Morgan fingerprint density at radius 2 is 1.11 bits per heavy atom. The molecule has 1 saturated heterocycles. The van der Waals surface area contributed by atoms with Crippen LogP contribution in [0.3, 0.4) is 0 Å². The Hall–Kier alpha value is -2.15. The van der Waals surface area contributed by atoms with Gasteiger partial charge in [-0.15, -0.1) is 0 Å². The van der Waals surface area contributed by atoms with Crippen molar-refractivity contribution in [1.29, 1.82) is 0 Å². The molecule has 8 saturated carbocycles. The number of fused-ring (bicyclic) bond motifs is 10. The average Bonchev–Trinajstić information content (AvgIpc) is 1.71. The minimum atomic E-state index is -2.03. The first-order valence-corrected chi connectivity index (χ1v) is 34.3. The second-order valence-corrected chi connectivity index (χ2v) is 31.0. The Morgan fingerprint density at radius 3 is 1.61 bits per heavy atom. The molecule has 20 heteroatoms. The maximum atomic E-state index is 14.5. The Bertz CT molecular complexity index is 2300. The fourth-order valence-electron chi connectivity index (χ4n) is 21.4. The van der Waals surface area contributed by atoms with Crippen LogP contribution in [-0.2, 0) is 23.9 Å². The van der Waals surface area contributed by atoms with Gasteiger partial charge in [0.2, 0.25) is 11.8 Å². The number of carbonyl (C=O) groups excluding carboxylic acids is 3. The standard InChI is InChI=1S/C67H115N3O17/c1-35(42-12-14-44-56-46(32-52(77)66(42,44)6)64(4)21-18-40(73)28-38(64)30-48(56)75)10-16-54(79)68-23-8-25-70(26-9-24-69-62(85)61(84)60(83)50(20-27-71)86-63-59(82)37(3)58(81)51(34-72)87-63)55(80)17-11-36(2)43-13-15-45-57-47(33-53(78)67(43,45)7)65(5)22-19-41(74)29-39(65)31-49(57)76/h35-53,56-61,63,71-78,81-84H,8-34H2,1-7H3,(H,68,79)(H,69,85)/t35?,36?,37?,38?,39?,40-,41-,42?,43?,44?,45?,46?,47?,48-,49-,50?,51?,52+,53+,56?,57?,58?,59?,60?,61?,63?,64+,65+,66-,67-/m1/s1. The van der Waals surface area contributed by atoms with Crippen molar-refractivity contribution in [3.63, 3.8) is 0 Å². The summed E-state index contributed by atoms with van der Waals surface area (Å²) in [6, 6.07) is 0. The van der Waals surface area contributed by atoms with Crippen LogP contribution < -0.4 is 10.6 Å². The molecular formula is C67H115N3O17. The van der Waals surface area contributed by atoms with Crippen LogP contribution in [0.1, 0.15) is 183 Å². The lowest BCUT2D eigenvalue weighted by Gasteiger charge is -2.63. The molecule has 20 unspecified atom stereocenters. The van der Waals surface area contributed by atoms with E-state index in [-0.39, 0.29) is 144 Å². The summed E-state index contributed by atoms with van der Waals surface area (Å²) in [6.07, 6.45) is 0.130. The third-order valence-corrected chi connectivity index (χ3v) is 26.8. The highest BCUT2D eigenvalue weighted by molar-refractivity contribution is 5.81. The fourth-order valence-corrected chi connectivity index (χ4v) is 21.4. The van der Waals surface area contributed by atoms with Crippen LogP contribution in [0.4, 0.5) is 0 Å².